The van der Waals surface area contributed by atoms with Gasteiger partial charge in [0.2, 0.25) is 11.8 Å². The van der Waals surface area contributed by atoms with E-state index in [9.17, 15) is 9.59 Å². The highest BCUT2D eigenvalue weighted by Crippen LogP contribution is 2.18. The van der Waals surface area contributed by atoms with Gasteiger partial charge in [-0.2, -0.15) is 11.8 Å². The molecule has 1 fully saturated rings. The van der Waals surface area contributed by atoms with Gasteiger partial charge >= 0.3 is 0 Å². The van der Waals surface area contributed by atoms with Crippen molar-refractivity contribution in [2.75, 3.05) is 19.3 Å². The lowest BCUT2D eigenvalue weighted by molar-refractivity contribution is -0.128. The van der Waals surface area contributed by atoms with Gasteiger partial charge < -0.3 is 10.2 Å². The minimum absolute atomic E-state index is 0.0475. The number of nitrogens with one attached hydrogen (secondary N) is 1. The number of aromatic nitrogens is 1. The van der Waals surface area contributed by atoms with Crippen LogP contribution < -0.4 is 5.32 Å². The van der Waals surface area contributed by atoms with Crippen molar-refractivity contribution < 1.29 is 9.59 Å². The van der Waals surface area contributed by atoms with Crippen LogP contribution in [0.2, 0.25) is 0 Å². The average molecular weight is 313 g/mol. The van der Waals surface area contributed by atoms with Crippen LogP contribution >= 0.6 is 23.1 Å². The van der Waals surface area contributed by atoms with Crippen LogP contribution in [-0.4, -0.2) is 41.0 Å². The molecule has 1 aliphatic rings. The number of amides is 2. The summed E-state index contributed by atoms with van der Waals surface area (Å²) in [5, 5.41) is 5.94. The van der Waals surface area contributed by atoms with Gasteiger partial charge in [-0.15, -0.1) is 11.3 Å². The molecule has 1 aliphatic heterocycles. The Balaban J connectivity index is 1.81. The normalized spacial score (nSPS) is 18.6. The van der Waals surface area contributed by atoms with Gasteiger partial charge in [-0.25, -0.2) is 4.98 Å². The number of nitrogens with zero attached hydrogens (tertiary/aromatic N) is 2. The standard InChI is InChI=1S/C13H19N3O2S2/c1-3-16-6-9(4-12(16)17)13(18)14-5-10-7-20-11(15-10)8-19-2/h7,9H,3-6,8H2,1-2H3,(H,14,18). The van der Waals surface area contributed by atoms with Crippen LogP contribution in [0.3, 0.4) is 0 Å². The molecule has 1 saturated heterocycles. The second-order valence-corrected chi connectivity index (χ2v) is 6.53. The van der Waals surface area contributed by atoms with Crippen molar-refractivity contribution in [2.24, 2.45) is 5.92 Å². The summed E-state index contributed by atoms with van der Waals surface area (Å²) >= 11 is 3.35. The molecule has 0 spiro atoms. The third kappa shape index (κ3) is 3.73. The van der Waals surface area contributed by atoms with Gasteiger partial charge in [0.05, 0.1) is 18.2 Å². The lowest BCUT2D eigenvalue weighted by atomic mass is 10.1. The van der Waals surface area contributed by atoms with Gasteiger partial charge in [0, 0.05) is 30.6 Å². The molecule has 7 heteroatoms. The van der Waals surface area contributed by atoms with Gasteiger partial charge in [0.1, 0.15) is 5.01 Å². The summed E-state index contributed by atoms with van der Waals surface area (Å²) < 4.78 is 0. The first-order valence-electron chi connectivity index (χ1n) is 6.61. The topological polar surface area (TPSA) is 62.3 Å². The van der Waals surface area contributed by atoms with E-state index in [4.69, 9.17) is 0 Å². The van der Waals surface area contributed by atoms with Crippen LogP contribution in [0.4, 0.5) is 0 Å². The zero-order valence-electron chi connectivity index (χ0n) is 11.7. The Morgan fingerprint density at radius 2 is 2.45 bits per heavy atom. The second kappa shape index (κ2) is 7.08. The van der Waals surface area contributed by atoms with E-state index in [2.05, 4.69) is 10.3 Å². The Hall–Kier alpha value is -1.08. The predicted octanol–water partition coefficient (Wildman–Crippen LogP) is 1.49. The van der Waals surface area contributed by atoms with Crippen molar-refractivity contribution >= 4 is 34.9 Å². The molecule has 20 heavy (non-hydrogen) atoms. The highest BCUT2D eigenvalue weighted by atomic mass is 32.2. The number of thioether (sulfide) groups is 1. The molecule has 1 N–H and O–H groups in total. The zero-order chi connectivity index (χ0) is 14.5. The van der Waals surface area contributed by atoms with E-state index >= 15 is 0 Å². The van der Waals surface area contributed by atoms with E-state index in [1.54, 1.807) is 28.0 Å². The van der Waals surface area contributed by atoms with Gasteiger partial charge in [-0.05, 0) is 13.2 Å². The first kappa shape index (κ1) is 15.3. The molecule has 5 nitrogen and oxygen atoms in total. The monoisotopic (exact) mass is 313 g/mol. The number of carbonyl (C=O) groups is 2. The summed E-state index contributed by atoms with van der Waals surface area (Å²) in [6.07, 6.45) is 2.37. The van der Waals surface area contributed by atoms with Crippen molar-refractivity contribution in [3.05, 3.63) is 16.1 Å². The van der Waals surface area contributed by atoms with Gasteiger partial charge in [-0.1, -0.05) is 0 Å². The molecule has 0 bridgehead atoms. The largest absolute Gasteiger partial charge is 0.350 e. The highest BCUT2D eigenvalue weighted by Gasteiger charge is 2.33. The summed E-state index contributed by atoms with van der Waals surface area (Å²) in [5.74, 6) is 0.713. The van der Waals surface area contributed by atoms with Crippen LogP contribution in [0.1, 0.15) is 24.0 Å². The smallest absolute Gasteiger partial charge is 0.225 e. The van der Waals surface area contributed by atoms with Gasteiger partial charge in [0.15, 0.2) is 0 Å². The first-order valence-corrected chi connectivity index (χ1v) is 8.89. The molecule has 1 aromatic rings. The van der Waals surface area contributed by atoms with Crippen LogP contribution in [0.15, 0.2) is 5.38 Å². The molecule has 2 amide bonds. The fraction of sp³-hybridized carbons (Fsp3) is 0.615. The maximum absolute atomic E-state index is 12.0. The Morgan fingerprint density at radius 3 is 3.10 bits per heavy atom. The summed E-state index contributed by atoms with van der Waals surface area (Å²) in [5.41, 5.74) is 0.893. The van der Waals surface area contributed by atoms with Crippen LogP contribution in [0.5, 0.6) is 0 Å². The van der Waals surface area contributed by atoms with E-state index < -0.39 is 0 Å². The Bertz CT molecular complexity index is 490. The quantitative estimate of drug-likeness (QED) is 0.864. The van der Waals surface area contributed by atoms with E-state index in [-0.39, 0.29) is 17.7 Å². The third-order valence-electron chi connectivity index (χ3n) is 3.28. The average Bonchev–Trinajstić information content (AvgIpc) is 3.03. The fourth-order valence-corrected chi connectivity index (χ4v) is 3.71. The number of thiazole rings is 1. The van der Waals surface area contributed by atoms with Crippen molar-refractivity contribution in [1.82, 2.24) is 15.2 Å². The van der Waals surface area contributed by atoms with Crippen LogP contribution in [0, 0.1) is 5.92 Å². The number of likely N-dealkylation sites (tertiary alicyclic amines) is 1. The molecule has 2 heterocycles. The Morgan fingerprint density at radius 1 is 1.65 bits per heavy atom. The minimum atomic E-state index is -0.216. The molecule has 0 aliphatic carbocycles. The van der Waals surface area contributed by atoms with Crippen LogP contribution in [-0.2, 0) is 21.9 Å². The van der Waals surface area contributed by atoms with Gasteiger partial charge in [0.25, 0.3) is 0 Å². The number of hydrogen-bond donors (Lipinski definition) is 1. The number of rotatable bonds is 6. The summed E-state index contributed by atoms with van der Waals surface area (Å²) in [6.45, 7) is 3.59. The maximum atomic E-state index is 12.0. The summed E-state index contributed by atoms with van der Waals surface area (Å²) in [4.78, 5) is 29.8. The lowest BCUT2D eigenvalue weighted by Crippen LogP contribution is -2.32. The molecule has 0 aromatic carbocycles. The molecule has 110 valence electrons. The molecule has 0 radical (unpaired) electrons. The SMILES string of the molecule is CCN1CC(C(=O)NCc2csc(CSC)n2)CC1=O. The summed E-state index contributed by atoms with van der Waals surface area (Å²) in [6, 6.07) is 0. The van der Waals surface area contributed by atoms with E-state index in [0.717, 1.165) is 16.5 Å². The van der Waals surface area contributed by atoms with Crippen molar-refractivity contribution in [1.29, 1.82) is 0 Å². The highest BCUT2D eigenvalue weighted by molar-refractivity contribution is 7.97. The van der Waals surface area contributed by atoms with Crippen molar-refractivity contribution in [2.45, 2.75) is 25.6 Å². The first-order chi connectivity index (χ1) is 9.63. The maximum Gasteiger partial charge on any atom is 0.225 e. The molecule has 2 rings (SSSR count). The molecular weight excluding hydrogens is 294 g/mol. The Labute approximate surface area is 127 Å². The lowest BCUT2D eigenvalue weighted by Gasteiger charge is -2.13. The van der Waals surface area contributed by atoms with E-state index in [1.165, 1.54) is 0 Å². The molecule has 1 unspecified atom stereocenters. The zero-order valence-corrected chi connectivity index (χ0v) is 13.4. The van der Waals surface area contributed by atoms with Crippen LogP contribution in [0.25, 0.3) is 0 Å². The third-order valence-corrected chi connectivity index (χ3v) is 4.92. The van der Waals surface area contributed by atoms with E-state index in [0.29, 0.717) is 26.1 Å². The summed E-state index contributed by atoms with van der Waals surface area (Å²) in [7, 11) is 0. The number of hydrogen-bond acceptors (Lipinski definition) is 5. The predicted molar refractivity (Wildman–Crippen MR) is 81.5 cm³/mol. The molecular formula is C13H19N3O2S2. The minimum Gasteiger partial charge on any atom is -0.350 e. The molecule has 1 aromatic heterocycles. The number of carbonyl (C=O) groups excluding carboxylic acids is 2. The molecule has 0 saturated carbocycles. The second-order valence-electron chi connectivity index (χ2n) is 4.72. The van der Waals surface area contributed by atoms with E-state index in [1.807, 2.05) is 18.6 Å². The molecule has 1 atom stereocenters. The van der Waals surface area contributed by atoms with Crippen molar-refractivity contribution in [3.8, 4) is 0 Å². The van der Waals surface area contributed by atoms with Crippen molar-refractivity contribution in [3.63, 3.8) is 0 Å². The fourth-order valence-electron chi connectivity index (χ4n) is 2.20. The van der Waals surface area contributed by atoms with Gasteiger partial charge in [-0.3, -0.25) is 9.59 Å². The Kier molecular flexibility index (Phi) is 5.42.